The van der Waals surface area contributed by atoms with Gasteiger partial charge in [-0.15, -0.1) is 0 Å². The highest BCUT2D eigenvalue weighted by Crippen LogP contribution is 2.31. The van der Waals surface area contributed by atoms with E-state index in [-0.39, 0.29) is 22.9 Å². The second-order valence-corrected chi connectivity index (χ2v) is 10.2. The predicted molar refractivity (Wildman–Crippen MR) is 82.9 cm³/mol. The molecule has 9 heteroatoms. The molecule has 0 bridgehead atoms. The van der Waals surface area contributed by atoms with Gasteiger partial charge in [0.1, 0.15) is 10.6 Å². The van der Waals surface area contributed by atoms with Crippen LogP contribution in [0.5, 0.6) is 5.75 Å². The van der Waals surface area contributed by atoms with E-state index in [1.165, 1.54) is 32.9 Å². The SMILES string of the molecule is CCOc1ccc(NS(=O)(=O)C(C)(C)C)cc1S(=O)(=O)Cl. The van der Waals surface area contributed by atoms with Crippen molar-refractivity contribution in [2.75, 3.05) is 11.3 Å². The van der Waals surface area contributed by atoms with E-state index in [9.17, 15) is 16.8 Å². The monoisotopic (exact) mass is 355 g/mol. The van der Waals surface area contributed by atoms with E-state index in [0.29, 0.717) is 0 Å². The highest BCUT2D eigenvalue weighted by molar-refractivity contribution is 8.13. The number of rotatable bonds is 5. The van der Waals surface area contributed by atoms with E-state index in [1.54, 1.807) is 6.92 Å². The third-order valence-electron chi connectivity index (χ3n) is 2.56. The fourth-order valence-electron chi connectivity index (χ4n) is 1.35. The van der Waals surface area contributed by atoms with Crippen molar-refractivity contribution < 1.29 is 21.6 Å². The molecule has 0 spiro atoms. The van der Waals surface area contributed by atoms with E-state index in [4.69, 9.17) is 15.4 Å². The molecule has 0 aromatic heterocycles. The molecule has 0 heterocycles. The Bertz CT molecular complexity index is 721. The molecule has 6 nitrogen and oxygen atoms in total. The van der Waals surface area contributed by atoms with Gasteiger partial charge in [-0.25, -0.2) is 16.8 Å². The van der Waals surface area contributed by atoms with Gasteiger partial charge in [-0.2, -0.15) is 0 Å². The van der Waals surface area contributed by atoms with Gasteiger partial charge in [0.15, 0.2) is 0 Å². The van der Waals surface area contributed by atoms with Crippen LogP contribution in [0.25, 0.3) is 0 Å². The first kappa shape index (κ1) is 18.1. The second-order valence-electron chi connectivity index (χ2n) is 5.25. The molecule has 1 N–H and O–H groups in total. The molecular weight excluding hydrogens is 338 g/mol. The lowest BCUT2D eigenvalue weighted by Gasteiger charge is -2.21. The number of anilines is 1. The summed E-state index contributed by atoms with van der Waals surface area (Å²) >= 11 is 0. The molecule has 120 valence electrons. The average molecular weight is 356 g/mol. The summed E-state index contributed by atoms with van der Waals surface area (Å²) in [6.45, 7) is 6.54. The topological polar surface area (TPSA) is 89.5 Å². The number of benzene rings is 1. The van der Waals surface area contributed by atoms with Crippen LogP contribution in [0.3, 0.4) is 0 Å². The summed E-state index contributed by atoms with van der Waals surface area (Å²) in [4.78, 5) is -0.278. The molecule has 0 unspecified atom stereocenters. The molecule has 0 fully saturated rings. The molecule has 21 heavy (non-hydrogen) atoms. The van der Waals surface area contributed by atoms with Crippen molar-refractivity contribution in [2.45, 2.75) is 37.3 Å². The van der Waals surface area contributed by atoms with Gasteiger partial charge in [-0.3, -0.25) is 4.72 Å². The molecular formula is C12H18ClNO5S2. The standard InChI is InChI=1S/C12H18ClNO5S2/c1-5-19-10-7-6-9(8-11(10)20(13,15)16)14-21(17,18)12(2,3)4/h6-8,14H,5H2,1-4H3. The summed E-state index contributed by atoms with van der Waals surface area (Å²) in [5, 5.41) is 0. The zero-order valence-electron chi connectivity index (χ0n) is 12.2. The fraction of sp³-hybridized carbons (Fsp3) is 0.500. The van der Waals surface area contributed by atoms with Gasteiger partial charge in [0, 0.05) is 10.7 Å². The molecule has 0 amide bonds. The van der Waals surface area contributed by atoms with Crippen LogP contribution in [-0.2, 0) is 19.1 Å². The molecule has 0 radical (unpaired) electrons. The van der Waals surface area contributed by atoms with Crippen LogP contribution in [-0.4, -0.2) is 28.2 Å². The van der Waals surface area contributed by atoms with Gasteiger partial charge < -0.3 is 4.74 Å². The minimum atomic E-state index is -4.06. The van der Waals surface area contributed by atoms with E-state index >= 15 is 0 Å². The van der Waals surface area contributed by atoms with E-state index in [1.807, 2.05) is 0 Å². The van der Waals surface area contributed by atoms with Crippen molar-refractivity contribution in [1.29, 1.82) is 0 Å². The number of hydrogen-bond donors (Lipinski definition) is 1. The number of halogens is 1. The summed E-state index contributed by atoms with van der Waals surface area (Å²) in [7, 11) is -2.38. The van der Waals surface area contributed by atoms with Crippen molar-refractivity contribution in [1.82, 2.24) is 0 Å². The summed E-state index contributed by atoms with van der Waals surface area (Å²) in [5.41, 5.74) is 0.104. The van der Waals surface area contributed by atoms with E-state index in [2.05, 4.69) is 4.72 Å². The van der Waals surface area contributed by atoms with Crippen molar-refractivity contribution in [2.24, 2.45) is 0 Å². The molecule has 0 aliphatic heterocycles. The Morgan fingerprint density at radius 3 is 2.19 bits per heavy atom. The molecule has 0 aliphatic rings. The van der Waals surface area contributed by atoms with Crippen LogP contribution >= 0.6 is 10.7 Å². The van der Waals surface area contributed by atoms with Gasteiger partial charge >= 0.3 is 0 Å². The van der Waals surface area contributed by atoms with Crippen LogP contribution in [0, 0.1) is 0 Å². The first-order chi connectivity index (χ1) is 9.38. The van der Waals surface area contributed by atoms with Gasteiger partial charge in [0.2, 0.25) is 10.0 Å². The van der Waals surface area contributed by atoms with Crippen molar-refractivity contribution in [3.8, 4) is 5.75 Å². The molecule has 0 aliphatic carbocycles. The Kier molecular flexibility index (Phi) is 5.18. The maximum atomic E-state index is 12.1. The number of sulfonamides is 1. The summed E-state index contributed by atoms with van der Waals surface area (Å²) < 4.78 is 53.7. The molecule has 0 saturated heterocycles. The third-order valence-corrected chi connectivity index (χ3v) is 6.02. The minimum Gasteiger partial charge on any atom is -0.492 e. The molecule has 0 atom stereocenters. The van der Waals surface area contributed by atoms with Gasteiger partial charge in [0.05, 0.1) is 17.0 Å². The van der Waals surface area contributed by atoms with E-state index in [0.717, 1.165) is 6.07 Å². The first-order valence-corrected chi connectivity index (χ1v) is 9.91. The minimum absolute atomic E-state index is 0.0752. The van der Waals surface area contributed by atoms with Crippen LogP contribution in [0.1, 0.15) is 27.7 Å². The fourth-order valence-corrected chi connectivity index (χ4v) is 3.09. The Hall–Kier alpha value is -0.990. The Labute approximate surface area is 129 Å². The van der Waals surface area contributed by atoms with Crippen molar-refractivity contribution >= 4 is 35.4 Å². The number of hydrogen-bond acceptors (Lipinski definition) is 5. The van der Waals surface area contributed by atoms with Crippen LogP contribution in [0.4, 0.5) is 5.69 Å². The highest BCUT2D eigenvalue weighted by atomic mass is 35.7. The lowest BCUT2D eigenvalue weighted by molar-refractivity contribution is 0.331. The zero-order chi connectivity index (χ0) is 16.5. The van der Waals surface area contributed by atoms with Gasteiger partial charge in [-0.1, -0.05) is 0 Å². The average Bonchev–Trinajstić information content (AvgIpc) is 2.28. The smallest absolute Gasteiger partial charge is 0.265 e. The Morgan fingerprint density at radius 1 is 1.19 bits per heavy atom. The number of nitrogens with one attached hydrogen (secondary N) is 1. The quantitative estimate of drug-likeness (QED) is 0.820. The largest absolute Gasteiger partial charge is 0.492 e. The summed E-state index contributed by atoms with van der Waals surface area (Å²) in [6, 6.07) is 3.91. The Morgan fingerprint density at radius 2 is 1.76 bits per heavy atom. The molecule has 0 saturated carbocycles. The van der Waals surface area contributed by atoms with Gasteiger partial charge in [0.25, 0.3) is 9.05 Å². The summed E-state index contributed by atoms with van der Waals surface area (Å²) in [5.74, 6) is 0.0752. The van der Waals surface area contributed by atoms with Gasteiger partial charge in [-0.05, 0) is 45.9 Å². The van der Waals surface area contributed by atoms with E-state index < -0.39 is 23.8 Å². The van der Waals surface area contributed by atoms with Crippen molar-refractivity contribution in [3.63, 3.8) is 0 Å². The highest BCUT2D eigenvalue weighted by Gasteiger charge is 2.29. The molecule has 1 aromatic rings. The molecule has 1 aromatic carbocycles. The van der Waals surface area contributed by atoms with Crippen LogP contribution < -0.4 is 9.46 Å². The molecule has 1 rings (SSSR count). The van der Waals surface area contributed by atoms with Crippen LogP contribution in [0.2, 0.25) is 0 Å². The Balaban J connectivity index is 3.31. The van der Waals surface area contributed by atoms with Crippen molar-refractivity contribution in [3.05, 3.63) is 18.2 Å². The maximum absolute atomic E-state index is 12.1. The second kappa shape index (κ2) is 6.02. The normalized spacial score (nSPS) is 13.0. The lowest BCUT2D eigenvalue weighted by atomic mass is 10.3. The summed E-state index contributed by atoms with van der Waals surface area (Å²) in [6.07, 6.45) is 0. The third kappa shape index (κ3) is 4.49. The van der Waals surface area contributed by atoms with Crippen LogP contribution in [0.15, 0.2) is 23.1 Å². The first-order valence-electron chi connectivity index (χ1n) is 6.12. The zero-order valence-corrected chi connectivity index (χ0v) is 14.6. The maximum Gasteiger partial charge on any atom is 0.265 e. The lowest BCUT2D eigenvalue weighted by Crippen LogP contribution is -2.33. The number of ether oxygens (including phenoxy) is 1. The predicted octanol–water partition coefficient (Wildman–Crippen LogP) is 2.55.